The molecular formula is C9H8ClFN2O5S. The molecule has 0 saturated heterocycles. The Morgan fingerprint density at radius 3 is 2.32 bits per heavy atom. The highest BCUT2D eigenvalue weighted by Crippen LogP contribution is 2.28. The third-order valence-electron chi connectivity index (χ3n) is 2.13. The van der Waals surface area contributed by atoms with Crippen LogP contribution in [0.5, 0.6) is 0 Å². The number of carbonyl (C=O) groups excluding carboxylic acids is 1. The SMILES string of the molecule is CN(C)C(=O)c1cc([N+](=O)[O-])c(F)c(S(=O)(=O)Cl)c1. The van der Waals surface area contributed by atoms with Gasteiger partial charge >= 0.3 is 5.69 Å². The zero-order valence-corrected chi connectivity index (χ0v) is 11.3. The number of hydrogen-bond acceptors (Lipinski definition) is 5. The van der Waals surface area contributed by atoms with E-state index in [0.717, 1.165) is 4.90 Å². The summed E-state index contributed by atoms with van der Waals surface area (Å²) in [5, 5.41) is 10.6. The molecule has 0 unspecified atom stereocenters. The highest BCUT2D eigenvalue weighted by molar-refractivity contribution is 8.13. The Balaban J connectivity index is 3.68. The number of nitro groups is 1. The molecule has 104 valence electrons. The molecule has 10 heteroatoms. The molecule has 1 aromatic rings. The first-order valence-electron chi connectivity index (χ1n) is 4.70. The summed E-state index contributed by atoms with van der Waals surface area (Å²) in [6.07, 6.45) is 0. The molecule has 1 amide bonds. The van der Waals surface area contributed by atoms with Crippen LogP contribution in [-0.4, -0.2) is 38.2 Å². The molecule has 0 aliphatic carbocycles. The standard InChI is InChI=1S/C9H8ClFN2O5S/c1-12(2)9(14)5-3-6(13(15)16)8(11)7(4-5)19(10,17)18/h3-4H,1-2H3. The molecule has 0 aromatic heterocycles. The van der Waals surface area contributed by atoms with Crippen molar-refractivity contribution in [3.63, 3.8) is 0 Å². The summed E-state index contributed by atoms with van der Waals surface area (Å²) < 4.78 is 35.9. The van der Waals surface area contributed by atoms with Crippen molar-refractivity contribution >= 4 is 31.3 Å². The smallest absolute Gasteiger partial charge is 0.307 e. The van der Waals surface area contributed by atoms with E-state index in [-0.39, 0.29) is 5.56 Å². The van der Waals surface area contributed by atoms with Crippen molar-refractivity contribution in [1.29, 1.82) is 0 Å². The van der Waals surface area contributed by atoms with Gasteiger partial charge in [0.05, 0.1) is 4.92 Å². The Bertz CT molecular complexity index is 659. The van der Waals surface area contributed by atoms with Crippen molar-refractivity contribution in [3.05, 3.63) is 33.6 Å². The van der Waals surface area contributed by atoms with Crippen molar-refractivity contribution in [2.24, 2.45) is 0 Å². The minimum atomic E-state index is -4.55. The second-order valence-electron chi connectivity index (χ2n) is 3.70. The Hall–Kier alpha value is -1.74. The number of rotatable bonds is 3. The molecule has 1 rings (SSSR count). The lowest BCUT2D eigenvalue weighted by molar-refractivity contribution is -0.387. The second-order valence-corrected chi connectivity index (χ2v) is 6.24. The first-order chi connectivity index (χ1) is 8.55. The Morgan fingerprint density at radius 1 is 1.42 bits per heavy atom. The monoisotopic (exact) mass is 310 g/mol. The van der Waals surface area contributed by atoms with Gasteiger partial charge in [-0.05, 0) is 6.07 Å². The van der Waals surface area contributed by atoms with E-state index in [1.165, 1.54) is 14.1 Å². The Kier molecular flexibility index (Phi) is 4.11. The van der Waals surface area contributed by atoms with Crippen LogP contribution in [0.2, 0.25) is 0 Å². The summed E-state index contributed by atoms with van der Waals surface area (Å²) in [6.45, 7) is 0. The lowest BCUT2D eigenvalue weighted by Crippen LogP contribution is -2.22. The molecule has 19 heavy (non-hydrogen) atoms. The van der Waals surface area contributed by atoms with Gasteiger partial charge in [-0.2, -0.15) is 4.39 Å². The summed E-state index contributed by atoms with van der Waals surface area (Å²) in [5.74, 6) is -2.32. The number of nitro benzene ring substituents is 1. The predicted molar refractivity (Wildman–Crippen MR) is 64.1 cm³/mol. The van der Waals surface area contributed by atoms with E-state index >= 15 is 0 Å². The van der Waals surface area contributed by atoms with Gasteiger partial charge < -0.3 is 4.90 Å². The molecule has 0 spiro atoms. The second kappa shape index (κ2) is 5.10. The van der Waals surface area contributed by atoms with Crippen LogP contribution < -0.4 is 0 Å². The van der Waals surface area contributed by atoms with Crippen molar-refractivity contribution in [1.82, 2.24) is 4.90 Å². The van der Waals surface area contributed by atoms with Crippen LogP contribution >= 0.6 is 10.7 Å². The normalized spacial score (nSPS) is 11.2. The lowest BCUT2D eigenvalue weighted by Gasteiger charge is -2.11. The fourth-order valence-electron chi connectivity index (χ4n) is 1.28. The molecule has 1 aromatic carbocycles. The molecular weight excluding hydrogens is 303 g/mol. The largest absolute Gasteiger partial charge is 0.345 e. The molecule has 0 radical (unpaired) electrons. The summed E-state index contributed by atoms with van der Waals surface area (Å²) >= 11 is 0. The first-order valence-corrected chi connectivity index (χ1v) is 7.01. The molecule has 0 N–H and O–H groups in total. The van der Waals surface area contributed by atoms with Crippen LogP contribution in [0.3, 0.4) is 0 Å². The molecule has 0 heterocycles. The van der Waals surface area contributed by atoms with Gasteiger partial charge in [0, 0.05) is 36.4 Å². The van der Waals surface area contributed by atoms with Crippen molar-refractivity contribution < 1.29 is 22.5 Å². The molecule has 0 atom stereocenters. The number of hydrogen-bond donors (Lipinski definition) is 0. The third-order valence-corrected chi connectivity index (χ3v) is 3.45. The summed E-state index contributed by atoms with van der Waals surface area (Å²) in [4.78, 5) is 21.1. The van der Waals surface area contributed by atoms with Crippen LogP contribution in [0.25, 0.3) is 0 Å². The van der Waals surface area contributed by atoms with E-state index in [4.69, 9.17) is 10.7 Å². The van der Waals surface area contributed by atoms with Gasteiger partial charge in [-0.3, -0.25) is 14.9 Å². The first kappa shape index (κ1) is 15.3. The highest BCUT2D eigenvalue weighted by atomic mass is 35.7. The van der Waals surface area contributed by atoms with Crippen LogP contribution in [0, 0.1) is 15.9 Å². The van der Waals surface area contributed by atoms with E-state index in [1.54, 1.807) is 0 Å². The van der Waals surface area contributed by atoms with Crippen molar-refractivity contribution in [2.45, 2.75) is 4.90 Å². The van der Waals surface area contributed by atoms with Crippen LogP contribution in [0.15, 0.2) is 17.0 Å². The zero-order chi connectivity index (χ0) is 15.0. The van der Waals surface area contributed by atoms with Crippen LogP contribution in [0.4, 0.5) is 10.1 Å². The fraction of sp³-hybridized carbons (Fsp3) is 0.222. The van der Waals surface area contributed by atoms with Crippen LogP contribution in [-0.2, 0) is 9.05 Å². The topological polar surface area (TPSA) is 97.6 Å². The molecule has 0 fully saturated rings. The van der Waals surface area contributed by atoms with Gasteiger partial charge in [0.15, 0.2) is 0 Å². The Labute approximate surface area is 112 Å². The van der Waals surface area contributed by atoms with Gasteiger partial charge in [-0.25, -0.2) is 8.42 Å². The van der Waals surface area contributed by atoms with Gasteiger partial charge in [-0.1, -0.05) is 0 Å². The number of benzene rings is 1. The average molecular weight is 311 g/mol. The van der Waals surface area contributed by atoms with Gasteiger partial charge in [0.1, 0.15) is 4.90 Å². The minimum absolute atomic E-state index is 0.350. The minimum Gasteiger partial charge on any atom is -0.345 e. The molecule has 0 bridgehead atoms. The predicted octanol–water partition coefficient (Wildman–Crippen LogP) is 1.36. The van der Waals surface area contributed by atoms with Gasteiger partial charge in [0.2, 0.25) is 5.82 Å². The van der Waals surface area contributed by atoms with E-state index < -0.39 is 36.3 Å². The van der Waals surface area contributed by atoms with E-state index in [2.05, 4.69) is 0 Å². The number of halogens is 2. The van der Waals surface area contributed by atoms with Crippen molar-refractivity contribution in [3.8, 4) is 0 Å². The maximum atomic E-state index is 13.6. The van der Waals surface area contributed by atoms with E-state index in [0.29, 0.717) is 12.1 Å². The van der Waals surface area contributed by atoms with E-state index in [1.807, 2.05) is 0 Å². The van der Waals surface area contributed by atoms with Gasteiger partial charge in [0.25, 0.3) is 15.0 Å². The summed E-state index contributed by atoms with van der Waals surface area (Å²) in [6, 6.07) is 1.32. The van der Waals surface area contributed by atoms with Gasteiger partial charge in [-0.15, -0.1) is 0 Å². The maximum absolute atomic E-state index is 13.6. The number of amides is 1. The third kappa shape index (κ3) is 3.18. The summed E-state index contributed by atoms with van der Waals surface area (Å²) in [5.41, 5.74) is -1.48. The molecule has 0 aliphatic rings. The quantitative estimate of drug-likeness (QED) is 0.477. The zero-order valence-electron chi connectivity index (χ0n) is 9.75. The molecule has 7 nitrogen and oxygen atoms in total. The maximum Gasteiger partial charge on any atom is 0.307 e. The van der Waals surface area contributed by atoms with E-state index in [9.17, 15) is 27.7 Å². The highest BCUT2D eigenvalue weighted by Gasteiger charge is 2.28. The summed E-state index contributed by atoms with van der Waals surface area (Å²) in [7, 11) is 3.14. The number of carbonyl (C=O) groups is 1. The average Bonchev–Trinajstić information content (AvgIpc) is 2.26. The molecule has 0 saturated carbocycles. The lowest BCUT2D eigenvalue weighted by atomic mass is 10.1. The molecule has 0 aliphatic heterocycles. The fourth-order valence-corrected chi connectivity index (χ4v) is 2.20. The Morgan fingerprint density at radius 2 is 1.95 bits per heavy atom. The van der Waals surface area contributed by atoms with Crippen LogP contribution in [0.1, 0.15) is 10.4 Å². The number of nitrogens with zero attached hydrogens (tertiary/aromatic N) is 2. The van der Waals surface area contributed by atoms with Crippen molar-refractivity contribution in [2.75, 3.05) is 14.1 Å².